The van der Waals surface area contributed by atoms with Crippen molar-refractivity contribution >= 4 is 5.91 Å². The fraction of sp³-hybridized carbons (Fsp3) is 0.368. The van der Waals surface area contributed by atoms with Gasteiger partial charge < -0.3 is 4.90 Å². The summed E-state index contributed by atoms with van der Waals surface area (Å²) in [5, 5.41) is 0. The number of carbonyl (C=O) groups excluding carboxylic acids is 1. The Labute approximate surface area is 132 Å². The van der Waals surface area contributed by atoms with E-state index < -0.39 is 0 Å². The van der Waals surface area contributed by atoms with Gasteiger partial charge >= 0.3 is 0 Å². The summed E-state index contributed by atoms with van der Waals surface area (Å²) >= 11 is 0. The summed E-state index contributed by atoms with van der Waals surface area (Å²) in [7, 11) is 0. The molecule has 1 aliphatic rings. The third-order valence-corrected chi connectivity index (χ3v) is 4.05. The minimum Gasteiger partial charge on any atom is -0.330 e. The lowest BCUT2D eigenvalue weighted by Gasteiger charge is -2.22. The van der Waals surface area contributed by atoms with Gasteiger partial charge in [-0.25, -0.2) is 0 Å². The van der Waals surface area contributed by atoms with Crippen molar-refractivity contribution < 1.29 is 4.79 Å². The zero-order valence-electron chi connectivity index (χ0n) is 13.0. The normalized spacial score (nSPS) is 13.9. The molecule has 1 aromatic carbocycles. The molecule has 0 bridgehead atoms. The number of hydrogen-bond acceptors (Lipinski definition) is 2. The van der Waals surface area contributed by atoms with E-state index in [2.05, 4.69) is 24.0 Å². The summed E-state index contributed by atoms with van der Waals surface area (Å²) in [4.78, 5) is 19.1. The lowest BCUT2D eigenvalue weighted by molar-refractivity contribution is 0.0727. The van der Waals surface area contributed by atoms with Crippen LogP contribution in [0.1, 0.15) is 47.8 Å². The third-order valence-electron chi connectivity index (χ3n) is 4.05. The Morgan fingerprint density at radius 1 is 1.18 bits per heavy atom. The number of rotatable bonds is 6. The number of pyridine rings is 1. The zero-order chi connectivity index (χ0) is 15.4. The van der Waals surface area contributed by atoms with E-state index in [9.17, 15) is 4.79 Å². The summed E-state index contributed by atoms with van der Waals surface area (Å²) in [6.07, 6.45) is 6.18. The molecule has 0 spiro atoms. The lowest BCUT2D eigenvalue weighted by atomic mass is 10.1. The van der Waals surface area contributed by atoms with Crippen molar-refractivity contribution in [2.45, 2.75) is 45.2 Å². The maximum Gasteiger partial charge on any atom is 0.254 e. The zero-order valence-corrected chi connectivity index (χ0v) is 13.0. The number of amides is 1. The van der Waals surface area contributed by atoms with Crippen LogP contribution in [-0.4, -0.2) is 21.8 Å². The van der Waals surface area contributed by atoms with Crippen LogP contribution in [0, 0.1) is 0 Å². The fourth-order valence-electron chi connectivity index (χ4n) is 2.69. The van der Waals surface area contributed by atoms with Crippen LogP contribution in [0.4, 0.5) is 0 Å². The van der Waals surface area contributed by atoms with Gasteiger partial charge in [-0.15, -0.1) is 0 Å². The molecule has 114 valence electrons. The molecular weight excluding hydrogens is 272 g/mol. The fourth-order valence-corrected chi connectivity index (χ4v) is 2.69. The van der Waals surface area contributed by atoms with Gasteiger partial charge in [0.15, 0.2) is 0 Å². The molecule has 1 aromatic heterocycles. The van der Waals surface area contributed by atoms with Crippen LogP contribution >= 0.6 is 0 Å². The topological polar surface area (TPSA) is 33.2 Å². The van der Waals surface area contributed by atoms with E-state index in [0.29, 0.717) is 12.6 Å². The summed E-state index contributed by atoms with van der Waals surface area (Å²) in [5.41, 5.74) is 3.02. The first kappa shape index (κ1) is 14.8. The molecule has 0 N–H and O–H groups in total. The van der Waals surface area contributed by atoms with E-state index in [1.807, 2.05) is 35.2 Å². The first-order valence-electron chi connectivity index (χ1n) is 8.07. The number of benzene rings is 1. The van der Waals surface area contributed by atoms with E-state index in [1.54, 1.807) is 6.20 Å². The van der Waals surface area contributed by atoms with Gasteiger partial charge in [0.25, 0.3) is 5.91 Å². The van der Waals surface area contributed by atoms with Crippen molar-refractivity contribution in [3.05, 3.63) is 65.5 Å². The molecule has 0 unspecified atom stereocenters. The third kappa shape index (κ3) is 3.53. The maximum absolute atomic E-state index is 12.8. The van der Waals surface area contributed by atoms with E-state index in [4.69, 9.17) is 0 Å². The lowest BCUT2D eigenvalue weighted by Crippen LogP contribution is -2.32. The highest BCUT2D eigenvalue weighted by Crippen LogP contribution is 2.29. The molecule has 22 heavy (non-hydrogen) atoms. The molecule has 1 aliphatic carbocycles. The first-order valence-corrected chi connectivity index (χ1v) is 8.07. The highest BCUT2D eigenvalue weighted by molar-refractivity contribution is 5.94. The number of aromatic nitrogens is 1. The monoisotopic (exact) mass is 294 g/mol. The molecule has 1 fully saturated rings. The predicted molar refractivity (Wildman–Crippen MR) is 87.6 cm³/mol. The van der Waals surface area contributed by atoms with E-state index >= 15 is 0 Å². The van der Waals surface area contributed by atoms with Crippen molar-refractivity contribution in [1.82, 2.24) is 9.88 Å². The molecule has 3 nitrogen and oxygen atoms in total. The molecule has 2 aromatic rings. The Hall–Kier alpha value is -2.16. The van der Waals surface area contributed by atoms with Crippen LogP contribution in [0.5, 0.6) is 0 Å². The van der Waals surface area contributed by atoms with Crippen LogP contribution in [0.15, 0.2) is 48.7 Å². The molecule has 3 heteroatoms. The molecule has 1 saturated carbocycles. The Balaban J connectivity index is 1.75. The second-order valence-electron chi connectivity index (χ2n) is 5.93. The minimum atomic E-state index is 0.121. The average molecular weight is 294 g/mol. The van der Waals surface area contributed by atoms with E-state index in [-0.39, 0.29) is 5.91 Å². The van der Waals surface area contributed by atoms with Crippen molar-refractivity contribution in [3.63, 3.8) is 0 Å². The molecule has 0 atom stereocenters. The van der Waals surface area contributed by atoms with Gasteiger partial charge in [-0.3, -0.25) is 9.78 Å². The number of nitrogens with zero attached hydrogens (tertiary/aromatic N) is 2. The Morgan fingerprint density at radius 3 is 2.55 bits per heavy atom. The SMILES string of the molecule is CCCc1ccc(C(=O)N(Cc2ccccn2)C2CC2)cc1. The van der Waals surface area contributed by atoms with Crippen LogP contribution in [0.25, 0.3) is 0 Å². The number of aryl methyl sites for hydroxylation is 1. The second-order valence-corrected chi connectivity index (χ2v) is 5.93. The summed E-state index contributed by atoms with van der Waals surface area (Å²) < 4.78 is 0. The summed E-state index contributed by atoms with van der Waals surface area (Å²) in [6.45, 7) is 2.77. The van der Waals surface area contributed by atoms with Gasteiger partial charge in [-0.1, -0.05) is 31.5 Å². The Morgan fingerprint density at radius 2 is 1.95 bits per heavy atom. The molecule has 1 amide bonds. The average Bonchev–Trinajstić information content (AvgIpc) is 3.39. The van der Waals surface area contributed by atoms with Crippen molar-refractivity contribution in [2.75, 3.05) is 0 Å². The smallest absolute Gasteiger partial charge is 0.254 e. The molecular formula is C19H22N2O. The second kappa shape index (κ2) is 6.73. The molecule has 3 rings (SSSR count). The maximum atomic E-state index is 12.8. The van der Waals surface area contributed by atoms with Gasteiger partial charge in [0.2, 0.25) is 0 Å². The Kier molecular flexibility index (Phi) is 4.52. The first-order chi connectivity index (χ1) is 10.8. The van der Waals surface area contributed by atoms with Crippen molar-refractivity contribution in [3.8, 4) is 0 Å². The molecule has 1 heterocycles. The molecule has 0 radical (unpaired) electrons. The van der Waals surface area contributed by atoms with E-state index in [0.717, 1.165) is 36.9 Å². The van der Waals surface area contributed by atoms with E-state index in [1.165, 1.54) is 5.56 Å². The molecule has 0 saturated heterocycles. The van der Waals surface area contributed by atoms with Gasteiger partial charge in [0, 0.05) is 17.8 Å². The van der Waals surface area contributed by atoms with Gasteiger partial charge in [0.05, 0.1) is 12.2 Å². The Bertz CT molecular complexity index is 618. The van der Waals surface area contributed by atoms with Gasteiger partial charge in [0.1, 0.15) is 0 Å². The van der Waals surface area contributed by atoms with Crippen molar-refractivity contribution in [2.24, 2.45) is 0 Å². The molecule has 0 aliphatic heterocycles. The van der Waals surface area contributed by atoms with Crippen LogP contribution in [0.3, 0.4) is 0 Å². The highest BCUT2D eigenvalue weighted by Gasteiger charge is 2.33. The summed E-state index contributed by atoms with van der Waals surface area (Å²) in [5.74, 6) is 0.121. The number of carbonyl (C=O) groups is 1. The minimum absolute atomic E-state index is 0.121. The standard InChI is InChI=1S/C19H22N2O/c1-2-5-15-7-9-16(10-8-15)19(22)21(18-11-12-18)14-17-6-3-4-13-20-17/h3-4,6-10,13,18H,2,5,11-12,14H2,1H3. The van der Waals surface area contributed by atoms with Crippen LogP contribution in [-0.2, 0) is 13.0 Å². The highest BCUT2D eigenvalue weighted by atomic mass is 16.2. The summed E-state index contributed by atoms with van der Waals surface area (Å²) in [6, 6.07) is 14.3. The van der Waals surface area contributed by atoms with Gasteiger partial charge in [-0.2, -0.15) is 0 Å². The van der Waals surface area contributed by atoms with Crippen LogP contribution < -0.4 is 0 Å². The van der Waals surface area contributed by atoms with Crippen LogP contribution in [0.2, 0.25) is 0 Å². The predicted octanol–water partition coefficient (Wildman–Crippen LogP) is 3.84. The van der Waals surface area contributed by atoms with Gasteiger partial charge in [-0.05, 0) is 49.1 Å². The number of hydrogen-bond donors (Lipinski definition) is 0. The quantitative estimate of drug-likeness (QED) is 0.811. The largest absolute Gasteiger partial charge is 0.330 e. The van der Waals surface area contributed by atoms with Crippen molar-refractivity contribution in [1.29, 1.82) is 0 Å².